The third-order valence-corrected chi connectivity index (χ3v) is 7.00. The summed E-state index contributed by atoms with van der Waals surface area (Å²) in [4.78, 5) is 26.3. The van der Waals surface area contributed by atoms with E-state index in [9.17, 15) is 9.59 Å². The maximum absolute atomic E-state index is 13.3. The van der Waals surface area contributed by atoms with Crippen LogP contribution in [0.15, 0.2) is 24.0 Å². The van der Waals surface area contributed by atoms with Gasteiger partial charge in [-0.3, -0.25) is 9.59 Å². The van der Waals surface area contributed by atoms with Crippen LogP contribution in [0.3, 0.4) is 0 Å². The Morgan fingerprint density at radius 3 is 2.45 bits per heavy atom. The molecular weight excluding hydrogens is 364 g/mol. The Morgan fingerprint density at radius 2 is 1.86 bits per heavy atom. The van der Waals surface area contributed by atoms with E-state index in [1.807, 2.05) is 52.8 Å². The molecule has 1 aromatic carbocycles. The zero-order chi connectivity index (χ0) is 21.4. The predicted octanol–water partition coefficient (Wildman–Crippen LogP) is 5.54. The average Bonchev–Trinajstić information content (AvgIpc) is 2.95. The maximum atomic E-state index is 13.3. The van der Waals surface area contributed by atoms with Gasteiger partial charge in [-0.2, -0.15) is 0 Å². The summed E-state index contributed by atoms with van der Waals surface area (Å²) in [6, 6.07) is 6.12. The van der Waals surface area contributed by atoms with Gasteiger partial charge < -0.3 is 9.47 Å². The first-order valence-corrected chi connectivity index (χ1v) is 10.7. The second-order valence-electron chi connectivity index (χ2n) is 9.46. The lowest BCUT2D eigenvalue weighted by Crippen LogP contribution is -2.34. The number of methoxy groups -OCH3 is 1. The minimum absolute atomic E-state index is 0.0895. The monoisotopic (exact) mass is 398 g/mol. The molecule has 4 heteroatoms. The maximum Gasteiger partial charge on any atom is 0.316 e. The van der Waals surface area contributed by atoms with Crippen LogP contribution in [0.1, 0.15) is 76.0 Å². The van der Waals surface area contributed by atoms with Crippen LogP contribution in [-0.4, -0.2) is 25.0 Å². The molecule has 0 heterocycles. The Morgan fingerprint density at radius 1 is 1.21 bits per heavy atom. The molecule has 29 heavy (non-hydrogen) atoms. The number of benzene rings is 1. The van der Waals surface area contributed by atoms with E-state index >= 15 is 0 Å². The van der Waals surface area contributed by atoms with E-state index in [0.717, 1.165) is 42.4 Å². The van der Waals surface area contributed by atoms with Gasteiger partial charge in [-0.25, -0.2) is 0 Å². The van der Waals surface area contributed by atoms with Gasteiger partial charge in [0.1, 0.15) is 5.76 Å². The third kappa shape index (κ3) is 4.05. The van der Waals surface area contributed by atoms with Crippen LogP contribution < -0.4 is 0 Å². The van der Waals surface area contributed by atoms with Crippen molar-refractivity contribution in [1.29, 1.82) is 0 Å². The highest BCUT2D eigenvalue weighted by molar-refractivity contribution is 6.24. The fourth-order valence-corrected chi connectivity index (χ4v) is 4.46. The molecule has 158 valence electrons. The highest BCUT2D eigenvalue weighted by atomic mass is 16.5. The number of esters is 1. The fourth-order valence-electron chi connectivity index (χ4n) is 4.46. The molecule has 1 fully saturated rings. The Labute approximate surface area is 174 Å². The number of ether oxygens (including phenoxy) is 2. The van der Waals surface area contributed by atoms with E-state index in [0.29, 0.717) is 24.2 Å². The molecule has 0 N–H and O–H groups in total. The number of carbonyl (C=O) groups excluding carboxylic acids is 2. The normalized spacial score (nSPS) is 25.0. The van der Waals surface area contributed by atoms with E-state index in [-0.39, 0.29) is 17.9 Å². The summed E-state index contributed by atoms with van der Waals surface area (Å²) in [6.45, 7) is 9.82. The average molecular weight is 399 g/mol. The van der Waals surface area contributed by atoms with Gasteiger partial charge in [-0.1, -0.05) is 30.7 Å². The third-order valence-electron chi connectivity index (χ3n) is 7.00. The van der Waals surface area contributed by atoms with Crippen LogP contribution in [0.4, 0.5) is 0 Å². The Hall–Kier alpha value is -1.94. The number of rotatable bonds is 5. The Kier molecular flexibility index (Phi) is 6.05. The van der Waals surface area contributed by atoms with Gasteiger partial charge in [0.15, 0.2) is 5.78 Å². The molecule has 1 spiro atoms. The Balaban J connectivity index is 2.12. The van der Waals surface area contributed by atoms with Crippen LogP contribution >= 0.6 is 0 Å². The SMILES string of the molecule is CCC(C)(C)C(=O)OC1=C(c2cc(C)ccc2C)C(=O)CC12CCC(OC)CC2. The summed E-state index contributed by atoms with van der Waals surface area (Å²) in [5.41, 5.74) is 2.66. The van der Waals surface area contributed by atoms with E-state index in [1.54, 1.807) is 7.11 Å². The largest absolute Gasteiger partial charge is 0.429 e. The quantitative estimate of drug-likeness (QED) is 0.611. The second kappa shape index (κ2) is 8.06. The van der Waals surface area contributed by atoms with E-state index < -0.39 is 10.8 Å². The second-order valence-corrected chi connectivity index (χ2v) is 9.46. The zero-order valence-corrected chi connectivity index (χ0v) is 18.7. The molecule has 0 saturated heterocycles. The first kappa shape index (κ1) is 21.8. The van der Waals surface area contributed by atoms with Crippen molar-refractivity contribution >= 4 is 17.3 Å². The highest BCUT2D eigenvalue weighted by Crippen LogP contribution is 2.54. The molecule has 0 aromatic heterocycles. The molecular formula is C25H34O4. The summed E-state index contributed by atoms with van der Waals surface area (Å²) in [5.74, 6) is 0.449. The minimum Gasteiger partial charge on any atom is -0.429 e. The van der Waals surface area contributed by atoms with E-state index in [2.05, 4.69) is 0 Å². The molecule has 4 nitrogen and oxygen atoms in total. The summed E-state index contributed by atoms with van der Waals surface area (Å²) in [5, 5.41) is 0. The van der Waals surface area contributed by atoms with Crippen molar-refractivity contribution < 1.29 is 19.1 Å². The molecule has 0 bridgehead atoms. The van der Waals surface area contributed by atoms with Crippen LogP contribution in [0, 0.1) is 24.7 Å². The molecule has 0 radical (unpaired) electrons. The van der Waals surface area contributed by atoms with Gasteiger partial charge in [-0.05, 0) is 70.9 Å². The van der Waals surface area contributed by atoms with Gasteiger partial charge in [0.25, 0.3) is 0 Å². The number of allylic oxidation sites excluding steroid dienone is 2. The van der Waals surface area contributed by atoms with E-state index in [1.165, 1.54) is 0 Å². The van der Waals surface area contributed by atoms with Gasteiger partial charge in [0.2, 0.25) is 0 Å². The van der Waals surface area contributed by atoms with Gasteiger partial charge in [0.05, 0.1) is 17.1 Å². The number of hydrogen-bond donors (Lipinski definition) is 0. The topological polar surface area (TPSA) is 52.6 Å². The van der Waals surface area contributed by atoms with Crippen molar-refractivity contribution in [2.24, 2.45) is 10.8 Å². The first-order valence-electron chi connectivity index (χ1n) is 10.7. The van der Waals surface area contributed by atoms with Crippen molar-refractivity contribution in [2.75, 3.05) is 7.11 Å². The molecule has 3 rings (SSSR count). The summed E-state index contributed by atoms with van der Waals surface area (Å²) in [6.07, 6.45) is 4.68. The number of ketones is 1. The van der Waals surface area contributed by atoms with Crippen molar-refractivity contribution in [3.8, 4) is 0 Å². The molecule has 0 amide bonds. The van der Waals surface area contributed by atoms with Crippen LogP contribution in [-0.2, 0) is 19.1 Å². The van der Waals surface area contributed by atoms with Gasteiger partial charge in [-0.15, -0.1) is 0 Å². The summed E-state index contributed by atoms with van der Waals surface area (Å²) in [7, 11) is 1.74. The van der Waals surface area contributed by atoms with Crippen LogP contribution in [0.25, 0.3) is 5.57 Å². The molecule has 0 unspecified atom stereocenters. The number of carbonyl (C=O) groups is 2. The Bertz CT molecular complexity index is 838. The number of aryl methyl sites for hydroxylation is 2. The summed E-state index contributed by atoms with van der Waals surface area (Å²) < 4.78 is 11.7. The lowest BCUT2D eigenvalue weighted by atomic mass is 9.71. The fraction of sp³-hybridized carbons (Fsp3) is 0.600. The predicted molar refractivity (Wildman–Crippen MR) is 114 cm³/mol. The van der Waals surface area contributed by atoms with Crippen molar-refractivity contribution in [3.63, 3.8) is 0 Å². The summed E-state index contributed by atoms with van der Waals surface area (Å²) >= 11 is 0. The molecule has 1 saturated carbocycles. The van der Waals surface area contributed by atoms with E-state index in [4.69, 9.17) is 9.47 Å². The van der Waals surface area contributed by atoms with Crippen molar-refractivity contribution in [3.05, 3.63) is 40.6 Å². The molecule has 2 aliphatic rings. The number of hydrogen-bond acceptors (Lipinski definition) is 4. The zero-order valence-electron chi connectivity index (χ0n) is 18.7. The van der Waals surface area contributed by atoms with Crippen molar-refractivity contribution in [1.82, 2.24) is 0 Å². The smallest absolute Gasteiger partial charge is 0.316 e. The number of Topliss-reactive ketones (excluding diaryl/α,β-unsaturated/α-hetero) is 1. The van der Waals surface area contributed by atoms with Crippen molar-refractivity contribution in [2.45, 2.75) is 79.2 Å². The van der Waals surface area contributed by atoms with Gasteiger partial charge >= 0.3 is 5.97 Å². The highest BCUT2D eigenvalue weighted by Gasteiger charge is 2.51. The van der Waals surface area contributed by atoms with Crippen LogP contribution in [0.5, 0.6) is 0 Å². The molecule has 0 atom stereocenters. The lowest BCUT2D eigenvalue weighted by molar-refractivity contribution is -0.152. The first-order chi connectivity index (χ1) is 13.6. The minimum atomic E-state index is -0.587. The molecule has 0 aliphatic heterocycles. The van der Waals surface area contributed by atoms with Crippen LogP contribution in [0.2, 0.25) is 0 Å². The molecule has 1 aromatic rings. The lowest BCUT2D eigenvalue weighted by Gasteiger charge is -2.38. The van der Waals surface area contributed by atoms with Gasteiger partial charge in [0, 0.05) is 18.9 Å². The molecule has 2 aliphatic carbocycles. The standard InChI is InChI=1S/C25H34O4/c1-7-24(4,5)23(27)29-22-21(19-14-16(2)8-9-17(19)3)20(26)15-25(22)12-10-18(28-6)11-13-25/h8-9,14,18H,7,10-13,15H2,1-6H3.